The number of benzene rings is 2. The molecule has 6 nitrogen and oxygen atoms in total. The van der Waals surface area contributed by atoms with Crippen LogP contribution in [0.5, 0.6) is 0 Å². The van der Waals surface area contributed by atoms with E-state index in [4.69, 9.17) is 0 Å². The van der Waals surface area contributed by atoms with Crippen LogP contribution in [-0.2, 0) is 6.54 Å². The summed E-state index contributed by atoms with van der Waals surface area (Å²) in [6.45, 7) is 0.116. The minimum absolute atomic E-state index is 0.0373. The highest BCUT2D eigenvalue weighted by Gasteiger charge is 2.13. The zero-order valence-electron chi connectivity index (χ0n) is 13.0. The molecule has 3 rings (SSSR count). The molecule has 0 saturated carbocycles. The minimum Gasteiger partial charge on any atom is -0.290 e. The summed E-state index contributed by atoms with van der Waals surface area (Å²) in [6.07, 6.45) is 3.38. The van der Waals surface area contributed by atoms with Gasteiger partial charge in [0.25, 0.3) is 12.0 Å². The van der Waals surface area contributed by atoms with E-state index in [9.17, 15) is 14.9 Å². The molecule has 0 aliphatic rings. The first-order valence-corrected chi connectivity index (χ1v) is 8.21. The fourth-order valence-corrected chi connectivity index (χ4v) is 2.56. The number of hydrogen-bond acceptors (Lipinski definition) is 4. The van der Waals surface area contributed by atoms with Gasteiger partial charge in [0.15, 0.2) is 12.2 Å². The molecule has 0 fully saturated rings. The van der Waals surface area contributed by atoms with Crippen LogP contribution in [0.2, 0.25) is 0 Å². The van der Waals surface area contributed by atoms with Crippen LogP contribution in [0.1, 0.15) is 10.4 Å². The summed E-state index contributed by atoms with van der Waals surface area (Å²) in [5.74, 6) is -0.141. The predicted molar refractivity (Wildman–Crippen MR) is 95.0 cm³/mol. The van der Waals surface area contributed by atoms with Gasteiger partial charge in [-0.1, -0.05) is 15.9 Å². The predicted octanol–water partition coefficient (Wildman–Crippen LogP) is 3.59. The number of halogens is 1. The van der Waals surface area contributed by atoms with Gasteiger partial charge in [0, 0.05) is 33.8 Å². The Balaban J connectivity index is 1.71. The summed E-state index contributed by atoms with van der Waals surface area (Å²) < 4.78 is 2.67. The lowest BCUT2D eigenvalue weighted by atomic mass is 10.1. The Morgan fingerprint density at radius 1 is 1.08 bits per heavy atom. The molecule has 2 aromatic carbocycles. The maximum Gasteiger partial charge on any atom is 0.287 e. The molecular formula is C18H13BrN3O3+. The van der Waals surface area contributed by atoms with Gasteiger partial charge >= 0.3 is 0 Å². The van der Waals surface area contributed by atoms with Crippen molar-refractivity contribution in [1.82, 2.24) is 4.98 Å². The normalized spacial score (nSPS) is 10.4. The number of non-ortho nitro benzene ring substituents is 1. The second-order valence-corrected chi connectivity index (χ2v) is 6.27. The van der Waals surface area contributed by atoms with E-state index in [0.29, 0.717) is 5.56 Å². The molecule has 124 valence electrons. The van der Waals surface area contributed by atoms with Gasteiger partial charge in [-0.15, -0.1) is 0 Å². The highest BCUT2D eigenvalue weighted by Crippen LogP contribution is 2.18. The van der Waals surface area contributed by atoms with E-state index in [0.717, 1.165) is 15.7 Å². The van der Waals surface area contributed by atoms with Crippen molar-refractivity contribution in [3.05, 3.63) is 87.3 Å². The van der Waals surface area contributed by atoms with Gasteiger partial charge in [0.05, 0.1) is 11.1 Å². The quantitative estimate of drug-likeness (QED) is 0.284. The first-order valence-electron chi connectivity index (χ1n) is 7.41. The molecule has 0 aliphatic heterocycles. The van der Waals surface area contributed by atoms with E-state index in [-0.39, 0.29) is 18.0 Å². The third kappa shape index (κ3) is 4.13. The van der Waals surface area contributed by atoms with E-state index in [2.05, 4.69) is 20.9 Å². The number of carbonyl (C=O) groups excluding carboxylic acids is 1. The third-order valence-electron chi connectivity index (χ3n) is 3.64. The highest BCUT2D eigenvalue weighted by molar-refractivity contribution is 9.10. The van der Waals surface area contributed by atoms with Crippen molar-refractivity contribution in [3.8, 4) is 11.3 Å². The van der Waals surface area contributed by atoms with Gasteiger partial charge in [-0.05, 0) is 41.4 Å². The summed E-state index contributed by atoms with van der Waals surface area (Å²) in [6, 6.07) is 15.2. The zero-order valence-corrected chi connectivity index (χ0v) is 14.6. The number of hydrogen-bond donors (Lipinski definition) is 0. The van der Waals surface area contributed by atoms with E-state index in [1.807, 2.05) is 30.3 Å². The SMILES string of the molecule is O=C(C[n+]1ccc(-c2ccc(Br)cc2)nc1)c1ccc([N+](=O)[O-])cc1. The third-order valence-corrected chi connectivity index (χ3v) is 4.16. The lowest BCUT2D eigenvalue weighted by Gasteiger charge is -2.01. The monoisotopic (exact) mass is 398 g/mol. The topological polar surface area (TPSA) is 77.0 Å². The Labute approximate surface area is 152 Å². The summed E-state index contributed by atoms with van der Waals surface area (Å²) in [5.41, 5.74) is 2.18. The Kier molecular flexibility index (Phi) is 4.95. The number of ketones is 1. The Hall–Kier alpha value is -2.93. The van der Waals surface area contributed by atoms with Crippen LogP contribution in [0.15, 0.2) is 71.6 Å². The fourth-order valence-electron chi connectivity index (χ4n) is 2.30. The molecular weight excluding hydrogens is 386 g/mol. The fraction of sp³-hybridized carbons (Fsp3) is 0.0556. The molecule has 3 aromatic rings. The lowest BCUT2D eigenvalue weighted by Crippen LogP contribution is -2.37. The molecule has 1 heterocycles. The van der Waals surface area contributed by atoms with Crippen LogP contribution >= 0.6 is 15.9 Å². The maximum atomic E-state index is 12.3. The molecule has 1 aromatic heterocycles. The Bertz CT molecular complexity index is 908. The van der Waals surface area contributed by atoms with E-state index < -0.39 is 4.92 Å². The number of carbonyl (C=O) groups is 1. The van der Waals surface area contributed by atoms with Gasteiger partial charge < -0.3 is 0 Å². The molecule has 25 heavy (non-hydrogen) atoms. The number of nitrogens with zero attached hydrogens (tertiary/aromatic N) is 3. The molecule has 7 heteroatoms. The van der Waals surface area contributed by atoms with Crippen molar-refractivity contribution in [2.24, 2.45) is 0 Å². The van der Waals surface area contributed by atoms with E-state index in [1.165, 1.54) is 24.3 Å². The molecule has 0 unspecified atom stereocenters. The molecule has 0 saturated heterocycles. The van der Waals surface area contributed by atoms with Gasteiger partial charge in [-0.2, -0.15) is 0 Å². The van der Waals surface area contributed by atoms with Gasteiger partial charge in [0.2, 0.25) is 5.78 Å². The maximum absolute atomic E-state index is 12.3. The molecule has 0 spiro atoms. The Morgan fingerprint density at radius 2 is 1.76 bits per heavy atom. The molecule has 0 amide bonds. The highest BCUT2D eigenvalue weighted by atomic mass is 79.9. The van der Waals surface area contributed by atoms with Crippen molar-refractivity contribution in [2.45, 2.75) is 6.54 Å². The zero-order chi connectivity index (χ0) is 17.8. The first kappa shape index (κ1) is 16.9. The summed E-state index contributed by atoms with van der Waals surface area (Å²) in [4.78, 5) is 26.8. The average Bonchev–Trinajstić information content (AvgIpc) is 2.63. The second kappa shape index (κ2) is 7.31. The van der Waals surface area contributed by atoms with E-state index >= 15 is 0 Å². The van der Waals surface area contributed by atoms with Crippen molar-refractivity contribution >= 4 is 27.4 Å². The first-order chi connectivity index (χ1) is 12.0. The van der Waals surface area contributed by atoms with Crippen molar-refractivity contribution < 1.29 is 14.3 Å². The van der Waals surface area contributed by atoms with Gasteiger partial charge in [-0.25, -0.2) is 4.57 Å². The van der Waals surface area contributed by atoms with E-state index in [1.54, 1.807) is 17.1 Å². The number of rotatable bonds is 5. The number of nitro benzene ring substituents is 1. The van der Waals surface area contributed by atoms with Crippen LogP contribution in [0.4, 0.5) is 5.69 Å². The van der Waals surface area contributed by atoms with Crippen LogP contribution in [0.25, 0.3) is 11.3 Å². The summed E-state index contributed by atoms with van der Waals surface area (Å²) >= 11 is 3.39. The number of nitro groups is 1. The molecule has 0 bridgehead atoms. The van der Waals surface area contributed by atoms with Crippen LogP contribution in [0.3, 0.4) is 0 Å². The number of aromatic nitrogens is 2. The second-order valence-electron chi connectivity index (χ2n) is 5.35. The van der Waals surface area contributed by atoms with Crippen molar-refractivity contribution in [3.63, 3.8) is 0 Å². The Morgan fingerprint density at radius 3 is 2.32 bits per heavy atom. The van der Waals surface area contributed by atoms with Crippen molar-refractivity contribution in [1.29, 1.82) is 0 Å². The van der Waals surface area contributed by atoms with Crippen LogP contribution in [-0.4, -0.2) is 15.7 Å². The lowest BCUT2D eigenvalue weighted by molar-refractivity contribution is -0.686. The van der Waals surface area contributed by atoms with Crippen LogP contribution < -0.4 is 4.57 Å². The van der Waals surface area contributed by atoms with Gasteiger partial charge in [-0.3, -0.25) is 14.9 Å². The standard InChI is InChI=1S/C18H13BrN3O3/c19-15-5-1-13(2-6-15)17-9-10-21(12-20-17)11-18(23)14-3-7-16(8-4-14)22(24)25/h1-10,12H,11H2/q+1. The van der Waals surface area contributed by atoms with Gasteiger partial charge in [0.1, 0.15) is 0 Å². The number of Topliss-reactive ketones (excluding diaryl/α,β-unsaturated/α-hetero) is 1. The molecule has 0 atom stereocenters. The minimum atomic E-state index is -0.492. The average molecular weight is 399 g/mol. The summed E-state index contributed by atoms with van der Waals surface area (Å²) in [7, 11) is 0. The summed E-state index contributed by atoms with van der Waals surface area (Å²) in [5, 5.41) is 10.6. The van der Waals surface area contributed by atoms with Crippen LogP contribution in [0, 0.1) is 10.1 Å². The molecule has 0 aliphatic carbocycles. The largest absolute Gasteiger partial charge is 0.290 e. The molecule has 0 N–H and O–H groups in total. The van der Waals surface area contributed by atoms with Crippen molar-refractivity contribution in [2.75, 3.05) is 0 Å². The molecule has 0 radical (unpaired) electrons. The smallest absolute Gasteiger partial charge is 0.287 e.